The van der Waals surface area contributed by atoms with Crippen molar-refractivity contribution >= 4 is 51.7 Å². The van der Waals surface area contributed by atoms with Crippen molar-refractivity contribution in [1.29, 1.82) is 0 Å². The van der Waals surface area contributed by atoms with Crippen molar-refractivity contribution in [1.82, 2.24) is 29.3 Å². The Morgan fingerprint density at radius 2 is 1.83 bits per heavy atom. The van der Waals surface area contributed by atoms with Gasteiger partial charge in [-0.2, -0.15) is 0 Å². The van der Waals surface area contributed by atoms with Crippen LogP contribution >= 0.6 is 11.6 Å². The van der Waals surface area contributed by atoms with Gasteiger partial charge in [0.05, 0.1) is 29.1 Å². The first-order valence-corrected chi connectivity index (χ1v) is 17.9. The average molecular weight is 723 g/mol. The number of β-amino-alcohol motifs (C(OH)–C–C–N with tert-alkyl or cyclic N) is 1. The van der Waals surface area contributed by atoms with E-state index in [1.54, 1.807) is 21.7 Å². The van der Waals surface area contributed by atoms with E-state index >= 15 is 0 Å². The van der Waals surface area contributed by atoms with Gasteiger partial charge in [0.1, 0.15) is 11.1 Å². The third-order valence-corrected chi connectivity index (χ3v) is 9.95. The zero-order valence-corrected chi connectivity index (χ0v) is 30.8. The highest BCUT2D eigenvalue weighted by Gasteiger charge is 2.30. The largest absolute Gasteiger partial charge is 0.444 e. The molecular formula is C39H43ClN8O4. The normalized spacial score (nSPS) is 16.2. The van der Waals surface area contributed by atoms with Gasteiger partial charge in [0.25, 0.3) is 5.91 Å². The van der Waals surface area contributed by atoms with Crippen LogP contribution in [-0.2, 0) is 31.3 Å². The first-order chi connectivity index (χ1) is 24.8. The van der Waals surface area contributed by atoms with E-state index in [0.29, 0.717) is 41.7 Å². The Morgan fingerprint density at radius 3 is 2.58 bits per heavy atom. The van der Waals surface area contributed by atoms with Gasteiger partial charge in [0.15, 0.2) is 11.6 Å². The first kappa shape index (κ1) is 35.4. The van der Waals surface area contributed by atoms with E-state index in [0.717, 1.165) is 64.0 Å². The lowest BCUT2D eigenvalue weighted by molar-refractivity contribution is 0.0220. The van der Waals surface area contributed by atoms with Gasteiger partial charge in [-0.25, -0.2) is 14.8 Å². The molecular weight excluding hydrogens is 680 g/mol. The molecule has 3 aromatic heterocycles. The third kappa shape index (κ3) is 7.32. The molecule has 2 amide bonds. The number of hydrogen-bond acceptors (Lipinski definition) is 9. The monoisotopic (exact) mass is 722 g/mol. The number of anilines is 3. The number of ether oxygens (including phenoxy) is 1. The first-order valence-electron chi connectivity index (χ1n) is 17.5. The molecule has 2 aliphatic rings. The number of nitrogens with zero attached hydrogens (tertiary/aromatic N) is 6. The molecule has 5 aromatic rings. The average Bonchev–Trinajstić information content (AvgIpc) is 3.67. The number of benzene rings is 2. The smallest absolute Gasteiger partial charge is 0.410 e. The quantitative estimate of drug-likeness (QED) is 0.165. The minimum Gasteiger partial charge on any atom is -0.444 e. The Balaban J connectivity index is 1.09. The minimum absolute atomic E-state index is 0.234. The Hall–Kier alpha value is -5.04. The number of hydrogen-bond donors (Lipinski definition) is 3. The number of halogens is 1. The van der Waals surface area contributed by atoms with E-state index in [4.69, 9.17) is 21.3 Å². The van der Waals surface area contributed by atoms with Gasteiger partial charge in [-0.15, -0.1) is 0 Å². The summed E-state index contributed by atoms with van der Waals surface area (Å²) in [6.07, 6.45) is 4.34. The SMILES string of the molecule is Cc1c(Nc2nccc3cc(CN4CCC(O)C4)cnc23)cccc1-c1cccc(NC(=O)c2nc3c(n2C)CCN(C(=O)OC(C)(C)C)C3)c1Cl. The van der Waals surface area contributed by atoms with Gasteiger partial charge < -0.3 is 29.9 Å². The fourth-order valence-electron chi connectivity index (χ4n) is 6.92. The predicted molar refractivity (Wildman–Crippen MR) is 202 cm³/mol. The number of aromatic nitrogens is 4. The fraction of sp³-hybridized carbons (Fsp3) is 0.359. The van der Waals surface area contributed by atoms with Crippen LogP contribution in [0.3, 0.4) is 0 Å². The van der Waals surface area contributed by atoms with Crippen molar-refractivity contribution in [2.75, 3.05) is 30.3 Å². The summed E-state index contributed by atoms with van der Waals surface area (Å²) in [5.74, 6) is 0.473. The molecule has 270 valence electrons. The number of pyridine rings is 2. The molecule has 0 aliphatic carbocycles. The second kappa shape index (κ2) is 14.2. The van der Waals surface area contributed by atoms with Crippen LogP contribution in [-0.4, -0.2) is 77.8 Å². The van der Waals surface area contributed by atoms with Crippen LogP contribution in [0, 0.1) is 6.92 Å². The zero-order chi connectivity index (χ0) is 36.7. The summed E-state index contributed by atoms with van der Waals surface area (Å²) in [6.45, 7) is 10.5. The Bertz CT molecular complexity index is 2180. The number of likely N-dealkylation sites (tertiary alicyclic amines) is 1. The van der Waals surface area contributed by atoms with Crippen LogP contribution in [0.2, 0.25) is 5.02 Å². The van der Waals surface area contributed by atoms with Crippen LogP contribution < -0.4 is 10.6 Å². The van der Waals surface area contributed by atoms with E-state index in [1.165, 1.54) is 0 Å². The highest BCUT2D eigenvalue weighted by Crippen LogP contribution is 2.38. The molecule has 2 aliphatic heterocycles. The fourth-order valence-corrected chi connectivity index (χ4v) is 7.19. The highest BCUT2D eigenvalue weighted by molar-refractivity contribution is 6.36. The molecule has 1 saturated heterocycles. The zero-order valence-electron chi connectivity index (χ0n) is 30.0. The molecule has 5 heterocycles. The minimum atomic E-state index is -0.604. The van der Waals surface area contributed by atoms with E-state index in [9.17, 15) is 14.7 Å². The van der Waals surface area contributed by atoms with Crippen LogP contribution in [0.25, 0.3) is 22.0 Å². The number of amides is 2. The van der Waals surface area contributed by atoms with Crippen LogP contribution in [0.5, 0.6) is 0 Å². The van der Waals surface area contributed by atoms with Gasteiger partial charge in [0.2, 0.25) is 0 Å². The van der Waals surface area contributed by atoms with E-state index in [-0.39, 0.29) is 18.5 Å². The second-order valence-electron chi connectivity index (χ2n) is 14.5. The molecule has 3 N–H and O–H groups in total. The number of carbonyl (C=O) groups is 2. The molecule has 13 heteroatoms. The van der Waals surface area contributed by atoms with Crippen molar-refractivity contribution in [3.05, 3.63) is 94.3 Å². The molecule has 1 unspecified atom stereocenters. The summed E-state index contributed by atoms with van der Waals surface area (Å²) >= 11 is 7.01. The maximum Gasteiger partial charge on any atom is 0.410 e. The van der Waals surface area contributed by atoms with Crippen molar-refractivity contribution in [2.45, 2.75) is 65.3 Å². The number of nitrogens with one attached hydrogen (secondary N) is 2. The number of aliphatic hydroxyl groups excluding tert-OH is 1. The van der Waals surface area contributed by atoms with Crippen molar-refractivity contribution in [2.24, 2.45) is 7.05 Å². The van der Waals surface area contributed by atoms with Gasteiger partial charge in [0, 0.05) is 74.4 Å². The highest BCUT2D eigenvalue weighted by atomic mass is 35.5. The molecule has 12 nitrogen and oxygen atoms in total. The van der Waals surface area contributed by atoms with Gasteiger partial charge in [-0.1, -0.05) is 35.9 Å². The van der Waals surface area contributed by atoms with Gasteiger partial charge in [-0.05, 0) is 75.1 Å². The molecule has 1 atom stereocenters. The lowest BCUT2D eigenvalue weighted by Crippen LogP contribution is -2.40. The van der Waals surface area contributed by atoms with Crippen molar-refractivity contribution < 1.29 is 19.4 Å². The summed E-state index contributed by atoms with van der Waals surface area (Å²) in [4.78, 5) is 44.2. The predicted octanol–water partition coefficient (Wildman–Crippen LogP) is 6.85. The van der Waals surface area contributed by atoms with Crippen LogP contribution in [0.4, 0.5) is 22.0 Å². The van der Waals surface area contributed by atoms with Crippen LogP contribution in [0.15, 0.2) is 60.9 Å². The number of carbonyl (C=O) groups excluding carboxylic acids is 2. The summed E-state index contributed by atoms with van der Waals surface area (Å²) < 4.78 is 7.33. The molecule has 2 aromatic carbocycles. The Kier molecular flexibility index (Phi) is 9.64. The van der Waals surface area contributed by atoms with Crippen molar-refractivity contribution in [3.63, 3.8) is 0 Å². The number of imidazole rings is 1. The maximum atomic E-state index is 13.6. The Morgan fingerprint density at radius 1 is 1.06 bits per heavy atom. The number of aliphatic hydroxyl groups is 1. The van der Waals surface area contributed by atoms with Gasteiger partial charge in [-0.3, -0.25) is 14.7 Å². The van der Waals surface area contributed by atoms with E-state index in [1.807, 2.05) is 77.3 Å². The Labute approximate surface area is 307 Å². The van der Waals surface area contributed by atoms with E-state index in [2.05, 4.69) is 31.6 Å². The standard InChI is InChI=1S/C39H43ClN8O4/c1-23-27(8-6-10-29(23)43-35-34-25(12-15-41-35)18-24(19-42-34)20-47-16-13-26(49)21-47)28-9-7-11-30(33(28)40)45-37(50)36-44-31-22-48(17-14-32(31)46(36)5)38(51)52-39(2,3)4/h6-12,15,18-19,26,49H,13-14,16-17,20-22H2,1-5H3,(H,41,43)(H,45,50). The molecule has 52 heavy (non-hydrogen) atoms. The molecule has 1 fully saturated rings. The lowest BCUT2D eigenvalue weighted by atomic mass is 9.98. The molecule has 0 saturated carbocycles. The second-order valence-corrected chi connectivity index (χ2v) is 14.9. The summed E-state index contributed by atoms with van der Waals surface area (Å²) in [5, 5.41) is 17.7. The summed E-state index contributed by atoms with van der Waals surface area (Å²) in [5.41, 5.74) is 6.72. The number of rotatable bonds is 7. The molecule has 0 spiro atoms. The topological polar surface area (TPSA) is 138 Å². The van der Waals surface area contributed by atoms with Crippen LogP contribution in [0.1, 0.15) is 60.3 Å². The molecule has 0 radical (unpaired) electrons. The van der Waals surface area contributed by atoms with Crippen molar-refractivity contribution in [3.8, 4) is 11.1 Å². The maximum absolute atomic E-state index is 13.6. The van der Waals surface area contributed by atoms with E-state index < -0.39 is 17.6 Å². The lowest BCUT2D eigenvalue weighted by Gasteiger charge is -2.29. The summed E-state index contributed by atoms with van der Waals surface area (Å²) in [7, 11) is 1.81. The molecule has 0 bridgehead atoms. The van der Waals surface area contributed by atoms with Gasteiger partial charge >= 0.3 is 6.09 Å². The third-order valence-electron chi connectivity index (χ3n) is 9.54. The number of fused-ring (bicyclic) bond motifs is 2. The molecule has 7 rings (SSSR count). The summed E-state index contributed by atoms with van der Waals surface area (Å²) in [6, 6.07) is 15.6.